The van der Waals surface area contributed by atoms with Crippen molar-refractivity contribution < 1.29 is 0 Å². The van der Waals surface area contributed by atoms with Crippen LogP contribution in [0.4, 0.5) is 0 Å². The quantitative estimate of drug-likeness (QED) is 0.130. The van der Waals surface area contributed by atoms with E-state index in [4.69, 9.17) is 0 Å². The fourth-order valence-corrected chi connectivity index (χ4v) is 4.02. The van der Waals surface area contributed by atoms with E-state index >= 15 is 0 Å². The molecule has 0 aliphatic rings. The van der Waals surface area contributed by atoms with Crippen molar-refractivity contribution in [3.63, 3.8) is 0 Å². The summed E-state index contributed by atoms with van der Waals surface area (Å²) in [5.41, 5.74) is 1.73. The molecule has 0 fully saturated rings. The zero-order chi connectivity index (χ0) is 19.8. The molecule has 0 saturated carbocycles. The standard InChI is InChI=1S/C27H54/c1-4-7-9-11-13-15-16-18-20-22-24-26-27(6-3)25-23-21-19-17-14-12-10-8-5-2/h25H,4-24,26H2,1-3H3. The van der Waals surface area contributed by atoms with Crippen LogP contribution in [-0.2, 0) is 0 Å². The van der Waals surface area contributed by atoms with Crippen LogP contribution in [0.1, 0.15) is 162 Å². The van der Waals surface area contributed by atoms with Crippen molar-refractivity contribution in [2.24, 2.45) is 0 Å². The Morgan fingerprint density at radius 3 is 1.22 bits per heavy atom. The second kappa shape index (κ2) is 23.8. The highest BCUT2D eigenvalue weighted by Gasteiger charge is 1.97. The van der Waals surface area contributed by atoms with Gasteiger partial charge in [-0.25, -0.2) is 0 Å². The van der Waals surface area contributed by atoms with Crippen LogP contribution in [0.3, 0.4) is 0 Å². The van der Waals surface area contributed by atoms with Gasteiger partial charge in [-0.1, -0.05) is 142 Å². The molecule has 162 valence electrons. The highest BCUT2D eigenvalue weighted by molar-refractivity contribution is 5.00. The van der Waals surface area contributed by atoms with Crippen LogP contribution in [-0.4, -0.2) is 0 Å². The fourth-order valence-electron chi connectivity index (χ4n) is 4.02. The molecule has 0 N–H and O–H groups in total. The van der Waals surface area contributed by atoms with Crippen molar-refractivity contribution in [3.05, 3.63) is 11.6 Å². The molecule has 0 aromatic carbocycles. The van der Waals surface area contributed by atoms with E-state index in [-0.39, 0.29) is 0 Å². The van der Waals surface area contributed by atoms with E-state index in [1.165, 1.54) is 141 Å². The zero-order valence-corrected chi connectivity index (χ0v) is 19.6. The van der Waals surface area contributed by atoms with Crippen LogP contribution in [0.25, 0.3) is 0 Å². The molecule has 0 aliphatic carbocycles. The molecule has 0 rings (SSSR count). The van der Waals surface area contributed by atoms with Crippen LogP contribution in [0.5, 0.6) is 0 Å². The molecule has 0 spiro atoms. The summed E-state index contributed by atoms with van der Waals surface area (Å²) in [4.78, 5) is 0. The van der Waals surface area contributed by atoms with Crippen LogP contribution in [0.15, 0.2) is 11.6 Å². The highest BCUT2D eigenvalue weighted by atomic mass is 14.0. The first-order chi connectivity index (χ1) is 13.3. The molecule has 27 heavy (non-hydrogen) atoms. The van der Waals surface area contributed by atoms with E-state index in [9.17, 15) is 0 Å². The molecule has 0 bridgehead atoms. The second-order valence-electron chi connectivity index (χ2n) is 8.77. The first-order valence-corrected chi connectivity index (χ1v) is 13.0. The van der Waals surface area contributed by atoms with Gasteiger partial charge in [-0.2, -0.15) is 0 Å². The SMILES string of the molecule is CCCCCCCCCCC=C(CC)CCCCCCCCCCCCC. The van der Waals surface area contributed by atoms with Crippen molar-refractivity contribution in [3.8, 4) is 0 Å². The van der Waals surface area contributed by atoms with Gasteiger partial charge in [0.05, 0.1) is 0 Å². The molecule has 0 aromatic heterocycles. The molecule has 0 radical (unpaired) electrons. The Kier molecular flexibility index (Phi) is 23.5. The van der Waals surface area contributed by atoms with Crippen molar-refractivity contribution in [2.45, 2.75) is 162 Å². The summed E-state index contributed by atoms with van der Waals surface area (Å²) >= 11 is 0. The van der Waals surface area contributed by atoms with E-state index in [0.717, 1.165) is 0 Å². The lowest BCUT2D eigenvalue weighted by molar-refractivity contribution is 0.548. The van der Waals surface area contributed by atoms with Gasteiger partial charge in [-0.05, 0) is 32.1 Å². The predicted molar refractivity (Wildman–Crippen MR) is 127 cm³/mol. The van der Waals surface area contributed by atoms with Crippen LogP contribution >= 0.6 is 0 Å². The molecule has 0 unspecified atom stereocenters. The molecule has 0 atom stereocenters. The number of hydrogen-bond donors (Lipinski definition) is 0. The second-order valence-corrected chi connectivity index (χ2v) is 8.77. The van der Waals surface area contributed by atoms with Gasteiger partial charge < -0.3 is 0 Å². The maximum absolute atomic E-state index is 2.58. The molecule has 0 aromatic rings. The minimum Gasteiger partial charge on any atom is -0.0853 e. The highest BCUT2D eigenvalue weighted by Crippen LogP contribution is 2.17. The summed E-state index contributed by atoms with van der Waals surface area (Å²) in [5, 5.41) is 0. The van der Waals surface area contributed by atoms with Gasteiger partial charge in [-0.15, -0.1) is 0 Å². The van der Waals surface area contributed by atoms with Crippen LogP contribution in [0.2, 0.25) is 0 Å². The van der Waals surface area contributed by atoms with Gasteiger partial charge >= 0.3 is 0 Å². The van der Waals surface area contributed by atoms with E-state index in [0.29, 0.717) is 0 Å². The molecule has 0 saturated heterocycles. The van der Waals surface area contributed by atoms with Gasteiger partial charge in [-0.3, -0.25) is 0 Å². The molecule has 0 nitrogen and oxygen atoms in total. The largest absolute Gasteiger partial charge is 0.0853 e. The third-order valence-electron chi connectivity index (χ3n) is 6.05. The average Bonchev–Trinajstić information content (AvgIpc) is 2.69. The third kappa shape index (κ3) is 21.9. The minimum absolute atomic E-state index is 1.27. The van der Waals surface area contributed by atoms with E-state index in [2.05, 4.69) is 26.8 Å². The molecular weight excluding hydrogens is 324 g/mol. The third-order valence-corrected chi connectivity index (χ3v) is 6.05. The lowest BCUT2D eigenvalue weighted by Crippen LogP contribution is -1.86. The van der Waals surface area contributed by atoms with Gasteiger partial charge in [0.1, 0.15) is 0 Å². The number of unbranched alkanes of at least 4 members (excludes halogenated alkanes) is 18. The first-order valence-electron chi connectivity index (χ1n) is 13.0. The number of rotatable bonds is 22. The molecule has 0 aliphatic heterocycles. The fraction of sp³-hybridized carbons (Fsp3) is 0.926. The van der Waals surface area contributed by atoms with Gasteiger partial charge in [0.2, 0.25) is 0 Å². The summed E-state index contributed by atoms with van der Waals surface area (Å²) in [5.74, 6) is 0. The number of allylic oxidation sites excluding steroid dienone is 2. The van der Waals surface area contributed by atoms with Crippen LogP contribution < -0.4 is 0 Å². The molecule has 0 amide bonds. The molecule has 0 heteroatoms. The Balaban J connectivity index is 3.38. The van der Waals surface area contributed by atoms with E-state index < -0.39 is 0 Å². The van der Waals surface area contributed by atoms with Crippen molar-refractivity contribution in [2.75, 3.05) is 0 Å². The monoisotopic (exact) mass is 378 g/mol. The lowest BCUT2D eigenvalue weighted by Gasteiger charge is -2.06. The Morgan fingerprint density at radius 1 is 0.444 bits per heavy atom. The summed E-state index contributed by atoms with van der Waals surface area (Å²) in [6.07, 6.45) is 34.0. The topological polar surface area (TPSA) is 0 Å². The van der Waals surface area contributed by atoms with E-state index in [1.807, 2.05) is 0 Å². The molecular formula is C27H54. The van der Waals surface area contributed by atoms with Crippen LogP contribution in [0, 0.1) is 0 Å². The maximum Gasteiger partial charge on any atom is -0.0320 e. The Morgan fingerprint density at radius 2 is 0.815 bits per heavy atom. The average molecular weight is 379 g/mol. The van der Waals surface area contributed by atoms with Gasteiger partial charge in [0, 0.05) is 0 Å². The zero-order valence-electron chi connectivity index (χ0n) is 19.6. The normalized spacial score (nSPS) is 12.0. The summed E-state index contributed by atoms with van der Waals surface area (Å²) in [6, 6.07) is 0. The molecule has 0 heterocycles. The Hall–Kier alpha value is -0.260. The van der Waals surface area contributed by atoms with Gasteiger partial charge in [0.15, 0.2) is 0 Å². The summed E-state index contributed by atoms with van der Waals surface area (Å²) in [6.45, 7) is 6.95. The summed E-state index contributed by atoms with van der Waals surface area (Å²) < 4.78 is 0. The Labute approximate surface area is 174 Å². The first kappa shape index (κ1) is 26.7. The minimum atomic E-state index is 1.27. The maximum atomic E-state index is 2.58. The smallest absolute Gasteiger partial charge is 0.0320 e. The predicted octanol–water partition coefficient (Wildman–Crippen LogP) is 10.6. The summed E-state index contributed by atoms with van der Waals surface area (Å²) in [7, 11) is 0. The van der Waals surface area contributed by atoms with Crippen molar-refractivity contribution in [1.29, 1.82) is 0 Å². The van der Waals surface area contributed by atoms with E-state index in [1.54, 1.807) is 5.57 Å². The number of hydrogen-bond acceptors (Lipinski definition) is 0. The lowest BCUT2D eigenvalue weighted by atomic mass is 10.0. The van der Waals surface area contributed by atoms with Gasteiger partial charge in [0.25, 0.3) is 0 Å². The Bertz CT molecular complexity index is 288. The van der Waals surface area contributed by atoms with Crippen molar-refractivity contribution >= 4 is 0 Å². The van der Waals surface area contributed by atoms with Crippen molar-refractivity contribution in [1.82, 2.24) is 0 Å².